The number of hydroxylamine groups is 1. The van der Waals surface area contributed by atoms with Crippen molar-refractivity contribution in [3.8, 4) is 0 Å². The highest BCUT2D eigenvalue weighted by atomic mass is 32.2. The van der Waals surface area contributed by atoms with Crippen LogP contribution < -0.4 is 53.7 Å². The lowest BCUT2D eigenvalue weighted by Crippen LogP contribution is -2.55. The summed E-state index contributed by atoms with van der Waals surface area (Å²) >= 11 is 1.83. The second-order valence-electron chi connectivity index (χ2n) is 14.9. The third kappa shape index (κ3) is 16.7. The molecule has 13 N–H and O–H groups in total. The molecule has 7 atom stereocenters. The number of nitrogens with two attached hydrogens (primary N) is 1. The van der Waals surface area contributed by atoms with Gasteiger partial charge in [-0.15, -0.1) is 0 Å². The quantitative estimate of drug-likeness (QED) is 0.0197. The number of aromatic amines is 1. The van der Waals surface area contributed by atoms with E-state index in [1.807, 2.05) is 11.8 Å². The van der Waals surface area contributed by atoms with Gasteiger partial charge >= 0.3 is 6.03 Å². The highest BCUT2D eigenvalue weighted by Gasteiger charge is 2.42. The fourth-order valence-corrected chi connectivity index (χ4v) is 8.06. The van der Waals surface area contributed by atoms with Gasteiger partial charge in [0.1, 0.15) is 18.1 Å². The largest absolute Gasteiger partial charge is 0.368 e. The van der Waals surface area contributed by atoms with Crippen LogP contribution in [0.1, 0.15) is 77.8 Å². The molecule has 0 aromatic carbocycles. The molecular formula is C36H58N12O10S. The lowest BCUT2D eigenvalue weighted by molar-refractivity contribution is -0.137. The molecule has 0 bridgehead atoms. The molecule has 2 saturated heterocycles. The number of aromatic nitrogens is 2. The summed E-state index contributed by atoms with van der Waals surface area (Å²) < 4.78 is 0. The number of primary amides is 1. The first kappa shape index (κ1) is 47.9. The molecular weight excluding hydrogens is 793 g/mol. The highest BCUT2D eigenvalue weighted by Crippen LogP contribution is 2.33. The molecule has 2 aliphatic heterocycles. The molecule has 10 amide bonds. The zero-order chi connectivity index (χ0) is 43.5. The summed E-state index contributed by atoms with van der Waals surface area (Å²) in [5.74, 6) is -5.48. The van der Waals surface area contributed by atoms with Crippen molar-refractivity contribution >= 4 is 65.1 Å². The lowest BCUT2D eigenvalue weighted by Gasteiger charge is -2.25. The Labute approximate surface area is 346 Å². The minimum atomic E-state index is -1.19. The molecule has 1 unspecified atom stereocenters. The summed E-state index contributed by atoms with van der Waals surface area (Å²) in [6.07, 6.45) is 6.59. The van der Waals surface area contributed by atoms with Crippen molar-refractivity contribution in [3.63, 3.8) is 0 Å². The number of fused-ring (bicyclic) bond motifs is 1. The van der Waals surface area contributed by atoms with Gasteiger partial charge in [-0.1, -0.05) is 20.3 Å². The maximum atomic E-state index is 13.2. The van der Waals surface area contributed by atoms with Gasteiger partial charge in [0.2, 0.25) is 47.3 Å². The maximum absolute atomic E-state index is 13.2. The van der Waals surface area contributed by atoms with Gasteiger partial charge in [-0.05, 0) is 44.9 Å². The second kappa shape index (κ2) is 24.5. The third-order valence-electron chi connectivity index (χ3n) is 9.91. The molecule has 3 heterocycles. The Hall–Kier alpha value is -5.45. The normalized spacial score (nSPS) is 18.8. The monoisotopic (exact) mass is 850 g/mol. The fraction of sp³-hybridized carbons (Fsp3) is 0.667. The fourth-order valence-electron chi connectivity index (χ4n) is 6.52. The molecule has 0 spiro atoms. The Bertz CT molecular complexity index is 1630. The van der Waals surface area contributed by atoms with E-state index in [-0.39, 0.29) is 49.2 Å². The topological polar surface area (TPSA) is 337 Å². The molecule has 0 aliphatic carbocycles. The number of urea groups is 1. The van der Waals surface area contributed by atoms with Crippen LogP contribution in [0.15, 0.2) is 12.5 Å². The molecule has 2 fully saturated rings. The summed E-state index contributed by atoms with van der Waals surface area (Å²) in [5, 5.41) is 30.2. The van der Waals surface area contributed by atoms with Crippen LogP contribution in [0.4, 0.5) is 4.79 Å². The SMILES string of the molecule is CC(C)C(CC(=O)NO)C(=O)N[C@@H](Cc1cnc[nH]1)C(=O)N[C@@H](C)C(=O)NCC(=O)NCC(=O)N[C@@H](CCCCNC(=O)CCCC[C@@H]1SC[C@@H]2NC(=O)N[C@@H]21)C(N)=O. The van der Waals surface area contributed by atoms with Crippen LogP contribution in [0.3, 0.4) is 0 Å². The molecule has 0 radical (unpaired) electrons. The minimum Gasteiger partial charge on any atom is -0.368 e. The van der Waals surface area contributed by atoms with Crippen molar-refractivity contribution in [2.45, 2.75) is 114 Å². The Kier molecular flexibility index (Phi) is 19.9. The molecule has 1 aromatic heterocycles. The van der Waals surface area contributed by atoms with Gasteiger partial charge in [0.15, 0.2) is 0 Å². The number of nitrogens with zero attached hydrogens (tertiary/aromatic N) is 1. The highest BCUT2D eigenvalue weighted by molar-refractivity contribution is 8.00. The Morgan fingerprint density at radius 2 is 1.59 bits per heavy atom. The average molecular weight is 851 g/mol. The number of carbonyl (C=O) groups is 9. The first-order valence-corrected chi connectivity index (χ1v) is 20.7. The Morgan fingerprint density at radius 3 is 2.27 bits per heavy atom. The first-order chi connectivity index (χ1) is 28.1. The molecule has 59 heavy (non-hydrogen) atoms. The van der Waals surface area contributed by atoms with Gasteiger partial charge in [0.05, 0.1) is 31.5 Å². The summed E-state index contributed by atoms with van der Waals surface area (Å²) in [5.41, 5.74) is 7.44. The number of H-pyrrole nitrogens is 1. The molecule has 22 nitrogen and oxygen atoms in total. The van der Waals surface area contributed by atoms with Crippen LogP contribution in [0.25, 0.3) is 0 Å². The van der Waals surface area contributed by atoms with E-state index >= 15 is 0 Å². The Balaban J connectivity index is 1.31. The number of unbranched alkanes of at least 4 members (excludes halogenated alkanes) is 2. The molecule has 0 saturated carbocycles. The molecule has 23 heteroatoms. The minimum absolute atomic E-state index is 0.0347. The van der Waals surface area contributed by atoms with Gasteiger partial charge in [0, 0.05) is 54.6 Å². The summed E-state index contributed by atoms with van der Waals surface area (Å²) in [7, 11) is 0. The number of rotatable bonds is 26. The summed E-state index contributed by atoms with van der Waals surface area (Å²) in [4.78, 5) is 118. The molecule has 2 aliphatic rings. The molecule has 3 rings (SSSR count). The van der Waals surface area contributed by atoms with Gasteiger partial charge in [-0.25, -0.2) is 15.3 Å². The standard InChI is InChI=1S/C36H58N12O10S/c1-19(2)22(13-28(50)48-58)34(55)45-24(12-21-14-38-18-42-21)35(56)43-20(3)33(54)41-15-29(51)40-16-30(52)44-23(32(37)53)8-6-7-11-39-27(49)10-5-4-9-26-31-25(17-59-26)46-36(57)47-31/h14,18-20,22-26,31,58H,4-13,15-17H2,1-3H3,(H2,37,53)(H,38,42)(H,39,49)(H,40,51)(H,41,54)(H,43,56)(H,44,52)(H,45,55)(H,48,50)(H2,46,47,57)/t20-,22?,23-,24-,25-,26-,31-/m0/s1. The van der Waals surface area contributed by atoms with Crippen LogP contribution in [-0.4, -0.2) is 129 Å². The summed E-state index contributed by atoms with van der Waals surface area (Å²) in [6.45, 7) is 4.08. The smallest absolute Gasteiger partial charge is 0.315 e. The number of hydrogen-bond donors (Lipinski definition) is 12. The third-order valence-corrected chi connectivity index (χ3v) is 11.4. The van der Waals surface area contributed by atoms with Crippen molar-refractivity contribution in [2.24, 2.45) is 17.6 Å². The van der Waals surface area contributed by atoms with E-state index in [0.717, 1.165) is 25.0 Å². The van der Waals surface area contributed by atoms with E-state index < -0.39 is 78.5 Å². The maximum Gasteiger partial charge on any atom is 0.315 e. The van der Waals surface area contributed by atoms with E-state index in [0.29, 0.717) is 36.8 Å². The van der Waals surface area contributed by atoms with E-state index in [9.17, 15) is 43.2 Å². The van der Waals surface area contributed by atoms with Gasteiger partial charge < -0.3 is 53.3 Å². The van der Waals surface area contributed by atoms with Crippen LogP contribution >= 0.6 is 11.8 Å². The van der Waals surface area contributed by atoms with Gasteiger partial charge in [0.25, 0.3) is 0 Å². The number of carbonyl (C=O) groups excluding carboxylic acids is 9. The number of hydrogen-bond acceptors (Lipinski definition) is 12. The Morgan fingerprint density at radius 1 is 0.847 bits per heavy atom. The van der Waals surface area contributed by atoms with Crippen LogP contribution in [-0.2, 0) is 44.8 Å². The van der Waals surface area contributed by atoms with E-state index in [2.05, 4.69) is 52.5 Å². The van der Waals surface area contributed by atoms with Crippen molar-refractivity contribution in [3.05, 3.63) is 18.2 Å². The number of amides is 10. The van der Waals surface area contributed by atoms with Gasteiger partial charge in [-0.3, -0.25) is 43.6 Å². The molecule has 328 valence electrons. The van der Waals surface area contributed by atoms with Crippen LogP contribution in [0, 0.1) is 11.8 Å². The predicted octanol–water partition coefficient (Wildman–Crippen LogP) is -2.68. The zero-order valence-electron chi connectivity index (χ0n) is 33.5. The number of thioether (sulfide) groups is 1. The second-order valence-corrected chi connectivity index (χ2v) is 16.2. The van der Waals surface area contributed by atoms with Crippen molar-refractivity contribution < 1.29 is 48.4 Å². The van der Waals surface area contributed by atoms with Crippen molar-refractivity contribution in [1.82, 2.24) is 58.0 Å². The lowest BCUT2D eigenvalue weighted by atomic mass is 9.91. The average Bonchev–Trinajstić information content (AvgIpc) is 3.94. The zero-order valence-corrected chi connectivity index (χ0v) is 34.3. The van der Waals surface area contributed by atoms with E-state index in [4.69, 9.17) is 10.9 Å². The van der Waals surface area contributed by atoms with E-state index in [1.54, 1.807) is 13.8 Å². The number of imidazole rings is 1. The van der Waals surface area contributed by atoms with Gasteiger partial charge in [-0.2, -0.15) is 11.8 Å². The predicted molar refractivity (Wildman–Crippen MR) is 213 cm³/mol. The first-order valence-electron chi connectivity index (χ1n) is 19.7. The molecule has 1 aromatic rings. The van der Waals surface area contributed by atoms with Crippen molar-refractivity contribution in [2.75, 3.05) is 25.4 Å². The number of nitrogens with one attached hydrogen (secondary N) is 10. The van der Waals surface area contributed by atoms with Crippen LogP contribution in [0.5, 0.6) is 0 Å². The van der Waals surface area contributed by atoms with E-state index in [1.165, 1.54) is 24.9 Å². The van der Waals surface area contributed by atoms with Crippen LogP contribution in [0.2, 0.25) is 0 Å². The van der Waals surface area contributed by atoms with Crippen molar-refractivity contribution in [1.29, 1.82) is 0 Å². The summed E-state index contributed by atoms with van der Waals surface area (Å²) in [6, 6.07) is -3.18.